The molecule has 3 aliphatic rings. The second-order valence-electron chi connectivity index (χ2n) is 8.57. The van der Waals surface area contributed by atoms with Crippen LogP contribution in [-0.2, 0) is 14.4 Å². The lowest BCUT2D eigenvalue weighted by Crippen LogP contribution is -3.13. The van der Waals surface area contributed by atoms with E-state index in [9.17, 15) is 39.9 Å². The highest BCUT2D eigenvalue weighted by Crippen LogP contribution is 2.54. The number of carbonyl (C=O) groups is 3. The number of aromatic hydroxyl groups is 1. The number of aliphatic hydroxyl groups excluding tert-OH is 1. The molecule has 0 aromatic heterocycles. The number of Topliss-reactive ketones (excluding diaryl/α,β-unsaturated/α-hetero) is 2. The van der Waals surface area contributed by atoms with Gasteiger partial charge in [0.1, 0.15) is 11.4 Å². The van der Waals surface area contributed by atoms with E-state index in [1.807, 2.05) is 0 Å². The third-order valence-electron chi connectivity index (χ3n) is 6.70. The molecule has 170 valence electrons. The summed E-state index contributed by atoms with van der Waals surface area (Å²) in [6.07, 6.45) is -1.81. The number of fused-ring (bicyclic) bond motifs is 3. The molecule has 5 atom stereocenters. The number of hydrogen-bond acceptors (Lipinski definition) is 8. The zero-order valence-electron chi connectivity index (χ0n) is 17.0. The normalized spacial score (nSPS) is 32.1. The number of halogens is 1. The number of aliphatic hydroxyl groups is 2. The van der Waals surface area contributed by atoms with E-state index >= 15 is 0 Å². The highest BCUT2D eigenvalue weighted by Gasteiger charge is 2.63. The van der Waals surface area contributed by atoms with E-state index in [0.717, 1.165) is 6.07 Å². The predicted molar refractivity (Wildman–Crippen MR) is 104 cm³/mol. The number of nitrogens with two attached hydrogens (primary N) is 1. The Morgan fingerprint density at radius 1 is 1.28 bits per heavy atom. The Bertz CT molecular complexity index is 1160. The summed E-state index contributed by atoms with van der Waals surface area (Å²) < 4.78 is 0. The molecule has 1 saturated carbocycles. The predicted octanol–water partition coefficient (Wildman–Crippen LogP) is -3.70. The lowest BCUT2D eigenvalue weighted by molar-refractivity contribution is -0.881. The number of nitrogens with one attached hydrogen (secondary N) is 1. The van der Waals surface area contributed by atoms with E-state index in [2.05, 4.69) is 0 Å². The van der Waals surface area contributed by atoms with Crippen molar-refractivity contribution in [2.75, 3.05) is 14.1 Å². The van der Waals surface area contributed by atoms with Crippen LogP contribution >= 0.6 is 11.6 Å². The number of phenols is 1. The first-order valence-electron chi connectivity index (χ1n) is 9.79. The highest BCUT2D eigenvalue weighted by atomic mass is 35.5. The Hall–Kier alpha value is -2.92. The molecule has 1 unspecified atom stereocenters. The molecule has 0 saturated heterocycles. The van der Waals surface area contributed by atoms with Crippen molar-refractivity contribution in [3.8, 4) is 5.75 Å². The van der Waals surface area contributed by atoms with Crippen LogP contribution in [-0.4, -0.2) is 58.5 Å². The minimum atomic E-state index is -2.90. The SMILES string of the molecule is C[NH+](C)[C@@H]1C(=O)C(C(N)=O)=C([O-])[C@@]2(O)C(=O)C3=C([O-])c4c(O)ccc(Cl)c4C(O)[C@H]3C[C@@H]12. The first kappa shape index (κ1) is 22.3. The van der Waals surface area contributed by atoms with Gasteiger partial charge in [-0.3, -0.25) is 14.4 Å². The van der Waals surface area contributed by atoms with Crippen molar-refractivity contribution in [3.63, 3.8) is 0 Å². The molecule has 1 aromatic rings. The number of hydrogen-bond donors (Lipinski definition) is 5. The van der Waals surface area contributed by atoms with Crippen LogP contribution in [0.3, 0.4) is 0 Å². The fourth-order valence-electron chi connectivity index (χ4n) is 5.30. The second-order valence-corrected chi connectivity index (χ2v) is 8.98. The fourth-order valence-corrected chi connectivity index (χ4v) is 5.57. The van der Waals surface area contributed by atoms with Crippen molar-refractivity contribution < 1.29 is 44.8 Å². The lowest BCUT2D eigenvalue weighted by atomic mass is 9.57. The van der Waals surface area contributed by atoms with Gasteiger partial charge in [0, 0.05) is 22.1 Å². The van der Waals surface area contributed by atoms with E-state index in [1.165, 1.54) is 20.2 Å². The molecule has 3 aliphatic carbocycles. The van der Waals surface area contributed by atoms with E-state index in [4.69, 9.17) is 17.3 Å². The molecule has 10 nitrogen and oxygen atoms in total. The molecular formula is C21H20ClN2O8-. The number of primary amides is 1. The highest BCUT2D eigenvalue weighted by molar-refractivity contribution is 6.32. The van der Waals surface area contributed by atoms with Crippen LogP contribution in [0, 0.1) is 11.8 Å². The number of ketones is 2. The topological polar surface area (TPSA) is 188 Å². The maximum Gasteiger partial charge on any atom is 0.251 e. The molecule has 11 heteroatoms. The van der Waals surface area contributed by atoms with Crippen molar-refractivity contribution >= 4 is 34.8 Å². The van der Waals surface area contributed by atoms with Gasteiger partial charge in [0.25, 0.3) is 5.91 Å². The number of likely N-dealkylation sites (N-methyl/N-ethyl adjacent to an activating group) is 1. The third kappa shape index (κ3) is 2.61. The van der Waals surface area contributed by atoms with Crippen LogP contribution in [0.25, 0.3) is 5.76 Å². The third-order valence-corrected chi connectivity index (χ3v) is 7.03. The van der Waals surface area contributed by atoms with Crippen molar-refractivity contribution in [2.45, 2.75) is 24.2 Å². The molecule has 0 aliphatic heterocycles. The molecule has 32 heavy (non-hydrogen) atoms. The minimum Gasteiger partial charge on any atom is -0.873 e. The quantitative estimate of drug-likeness (QED) is 0.277. The van der Waals surface area contributed by atoms with Crippen LogP contribution in [0.2, 0.25) is 5.02 Å². The minimum absolute atomic E-state index is 0.0130. The van der Waals surface area contributed by atoms with Crippen molar-refractivity contribution in [1.29, 1.82) is 0 Å². The summed E-state index contributed by atoms with van der Waals surface area (Å²) in [5, 5.41) is 58.8. The van der Waals surface area contributed by atoms with Crippen LogP contribution in [0.1, 0.15) is 23.7 Å². The Morgan fingerprint density at radius 2 is 1.91 bits per heavy atom. The van der Waals surface area contributed by atoms with Gasteiger partial charge in [0.05, 0.1) is 31.7 Å². The van der Waals surface area contributed by atoms with Crippen LogP contribution < -0.4 is 20.8 Å². The summed E-state index contributed by atoms with van der Waals surface area (Å²) in [7, 11) is 3.07. The van der Waals surface area contributed by atoms with Gasteiger partial charge in [-0.15, -0.1) is 0 Å². The molecular weight excluding hydrogens is 444 g/mol. The van der Waals surface area contributed by atoms with E-state index in [1.54, 1.807) is 0 Å². The monoisotopic (exact) mass is 463 g/mol. The van der Waals surface area contributed by atoms with Gasteiger partial charge < -0.3 is 36.2 Å². The summed E-state index contributed by atoms with van der Waals surface area (Å²) in [6.45, 7) is 0. The van der Waals surface area contributed by atoms with Gasteiger partial charge in [-0.1, -0.05) is 23.1 Å². The molecule has 0 radical (unpaired) electrons. The van der Waals surface area contributed by atoms with Crippen molar-refractivity contribution in [2.24, 2.45) is 17.6 Å². The summed E-state index contributed by atoms with van der Waals surface area (Å²) in [5.74, 6) is -9.14. The van der Waals surface area contributed by atoms with E-state index in [-0.39, 0.29) is 17.0 Å². The van der Waals surface area contributed by atoms with Crippen LogP contribution in [0.5, 0.6) is 5.75 Å². The van der Waals surface area contributed by atoms with Gasteiger partial charge >= 0.3 is 0 Å². The summed E-state index contributed by atoms with van der Waals surface area (Å²) >= 11 is 6.15. The number of quaternary nitrogens is 1. The molecule has 1 amide bonds. The number of amides is 1. The summed E-state index contributed by atoms with van der Waals surface area (Å²) in [6, 6.07) is 1.19. The molecule has 1 fully saturated rings. The second kappa shape index (κ2) is 7.04. The smallest absolute Gasteiger partial charge is 0.251 e. The average molecular weight is 464 g/mol. The zero-order chi connectivity index (χ0) is 23.9. The van der Waals surface area contributed by atoms with Gasteiger partial charge in [-0.05, 0) is 24.1 Å². The summed E-state index contributed by atoms with van der Waals surface area (Å²) in [5.41, 5.74) is 0.221. The zero-order valence-corrected chi connectivity index (χ0v) is 17.8. The molecule has 0 bridgehead atoms. The first-order chi connectivity index (χ1) is 14.8. The Labute approximate surface area is 186 Å². The maximum atomic E-state index is 13.5. The molecule has 4 rings (SSSR count). The Morgan fingerprint density at radius 3 is 2.47 bits per heavy atom. The number of benzene rings is 1. The molecule has 0 spiro atoms. The first-order valence-corrected chi connectivity index (χ1v) is 10.2. The summed E-state index contributed by atoms with van der Waals surface area (Å²) in [4.78, 5) is 38.7. The number of rotatable bonds is 2. The average Bonchev–Trinajstić information content (AvgIpc) is 2.69. The van der Waals surface area contributed by atoms with Crippen LogP contribution in [0.4, 0.5) is 0 Å². The van der Waals surface area contributed by atoms with Crippen molar-refractivity contribution in [3.05, 3.63) is 45.2 Å². The fraction of sp³-hybridized carbons (Fsp3) is 0.381. The largest absolute Gasteiger partial charge is 0.873 e. The van der Waals surface area contributed by atoms with Gasteiger partial charge in [0.2, 0.25) is 5.78 Å². The Kier molecular flexibility index (Phi) is 4.90. The maximum absolute atomic E-state index is 13.5. The van der Waals surface area contributed by atoms with Gasteiger partial charge in [0.15, 0.2) is 11.8 Å². The Balaban J connectivity index is 2.03. The molecule has 0 heterocycles. The van der Waals surface area contributed by atoms with Crippen LogP contribution in [0.15, 0.2) is 29.0 Å². The van der Waals surface area contributed by atoms with Crippen molar-refractivity contribution in [1.82, 2.24) is 0 Å². The molecule has 1 aromatic carbocycles. The van der Waals surface area contributed by atoms with E-state index in [0.29, 0.717) is 4.90 Å². The number of phenolic OH excluding ortho intramolecular Hbond substituents is 1. The standard InChI is InChI=1S/C21H21ClN2O8/c1-24(2)14-7-5-6-10(16(27)12-9(25)4-3-8(22)11(12)15(6)26)18(29)21(7,32)19(30)13(17(14)28)20(23)31/h3-4,6-7,14-15,25-27,30,32H,5H2,1-2H3,(H2,23,31)/p-1/t6-,7-,14-,15?,21-/m0/s1. The van der Waals surface area contributed by atoms with E-state index < -0.39 is 81.0 Å². The molecule has 6 N–H and O–H groups in total. The van der Waals surface area contributed by atoms with Gasteiger partial charge in [-0.25, -0.2) is 0 Å². The van der Waals surface area contributed by atoms with Gasteiger partial charge in [-0.2, -0.15) is 0 Å². The lowest BCUT2D eigenvalue weighted by Gasteiger charge is -2.54. The number of carbonyl (C=O) groups excluding carboxylic acids is 3.